The molecule has 0 radical (unpaired) electrons. The van der Waals surface area contributed by atoms with Crippen LogP contribution in [0.3, 0.4) is 0 Å². The van der Waals surface area contributed by atoms with Crippen molar-refractivity contribution < 1.29 is 13.9 Å². The predicted molar refractivity (Wildman–Crippen MR) is 118 cm³/mol. The van der Waals surface area contributed by atoms with Crippen LogP contribution in [-0.4, -0.2) is 21.2 Å². The average Bonchev–Trinajstić information content (AvgIpc) is 2.61. The Hall–Kier alpha value is -2.49. The number of hydrogen-bond acceptors (Lipinski definition) is 4. The molecule has 152 valence electrons. The molecule has 0 aliphatic carbocycles. The van der Waals surface area contributed by atoms with Crippen molar-refractivity contribution in [3.8, 4) is 5.69 Å². The van der Waals surface area contributed by atoms with Gasteiger partial charge in [-0.05, 0) is 74.6 Å². The van der Waals surface area contributed by atoms with Crippen LogP contribution in [0.25, 0.3) is 16.6 Å². The summed E-state index contributed by atoms with van der Waals surface area (Å²) in [6, 6.07) is 10.8. The number of benzene rings is 2. The van der Waals surface area contributed by atoms with Gasteiger partial charge in [-0.25, -0.2) is 14.2 Å². The predicted octanol–water partition coefficient (Wildman–Crippen LogP) is 4.72. The SMILES string of the molecule is C[C@H](NC(=O)OC(C)(C)C)c1nc2c(I)cc(F)cc2c(=O)n1-c1ccccc1. The largest absolute Gasteiger partial charge is 0.444 e. The molecule has 1 heterocycles. The zero-order valence-corrected chi connectivity index (χ0v) is 18.7. The second-order valence-corrected chi connectivity index (χ2v) is 8.76. The first-order chi connectivity index (χ1) is 13.6. The van der Waals surface area contributed by atoms with Crippen molar-refractivity contribution in [3.05, 3.63) is 68.0 Å². The highest BCUT2D eigenvalue weighted by molar-refractivity contribution is 14.1. The Kier molecular flexibility index (Phi) is 5.92. The maximum absolute atomic E-state index is 13.9. The molecule has 1 atom stereocenters. The number of nitrogens with zero attached hydrogens (tertiary/aromatic N) is 2. The van der Waals surface area contributed by atoms with Gasteiger partial charge in [0.15, 0.2) is 0 Å². The zero-order valence-electron chi connectivity index (χ0n) is 16.5. The topological polar surface area (TPSA) is 73.2 Å². The number of para-hydroxylation sites is 1. The van der Waals surface area contributed by atoms with Crippen molar-refractivity contribution in [2.24, 2.45) is 0 Å². The molecule has 0 spiro atoms. The third-order valence-electron chi connectivity index (χ3n) is 4.05. The Balaban J connectivity index is 2.19. The Labute approximate surface area is 181 Å². The van der Waals surface area contributed by atoms with Crippen molar-refractivity contribution in [3.63, 3.8) is 0 Å². The van der Waals surface area contributed by atoms with Gasteiger partial charge in [0, 0.05) is 3.57 Å². The molecule has 1 amide bonds. The standard InChI is InChI=1S/C21H21FIN3O3/c1-12(24-20(28)29-21(2,3)4)18-25-17-15(10-13(22)11-16(17)23)19(27)26(18)14-8-6-5-7-9-14/h5-12H,1-4H3,(H,24,28)/t12-/m0/s1. The van der Waals surface area contributed by atoms with Crippen LogP contribution in [0.5, 0.6) is 0 Å². The average molecular weight is 509 g/mol. The summed E-state index contributed by atoms with van der Waals surface area (Å²) < 4.78 is 21.2. The molecule has 29 heavy (non-hydrogen) atoms. The van der Waals surface area contributed by atoms with E-state index in [1.165, 1.54) is 16.7 Å². The van der Waals surface area contributed by atoms with E-state index >= 15 is 0 Å². The molecule has 0 aliphatic rings. The van der Waals surface area contributed by atoms with Crippen molar-refractivity contribution in [2.45, 2.75) is 39.3 Å². The van der Waals surface area contributed by atoms with Gasteiger partial charge in [-0.1, -0.05) is 18.2 Å². The van der Waals surface area contributed by atoms with Gasteiger partial charge in [0.1, 0.15) is 17.2 Å². The molecule has 0 unspecified atom stereocenters. The normalized spacial score (nSPS) is 12.6. The lowest BCUT2D eigenvalue weighted by Gasteiger charge is -2.23. The summed E-state index contributed by atoms with van der Waals surface area (Å²) >= 11 is 1.95. The molecule has 2 aromatic carbocycles. The molecule has 0 fully saturated rings. The minimum absolute atomic E-state index is 0.173. The Morgan fingerprint density at radius 1 is 1.24 bits per heavy atom. The highest BCUT2D eigenvalue weighted by Gasteiger charge is 2.23. The van der Waals surface area contributed by atoms with E-state index in [9.17, 15) is 14.0 Å². The maximum atomic E-state index is 13.9. The summed E-state index contributed by atoms with van der Waals surface area (Å²) in [6.07, 6.45) is -0.618. The number of carbonyl (C=O) groups is 1. The van der Waals surface area contributed by atoms with E-state index in [0.29, 0.717) is 20.6 Å². The van der Waals surface area contributed by atoms with Crippen LogP contribution in [0.4, 0.5) is 9.18 Å². The second-order valence-electron chi connectivity index (χ2n) is 7.60. The molecule has 0 aliphatic heterocycles. The van der Waals surface area contributed by atoms with E-state index in [1.54, 1.807) is 52.0 Å². The summed E-state index contributed by atoms with van der Waals surface area (Å²) in [5.74, 6) is -0.183. The van der Waals surface area contributed by atoms with Crippen LogP contribution in [0.15, 0.2) is 47.3 Å². The van der Waals surface area contributed by atoms with Gasteiger partial charge in [0.05, 0.1) is 22.6 Å². The Morgan fingerprint density at radius 3 is 2.52 bits per heavy atom. The first-order valence-electron chi connectivity index (χ1n) is 9.03. The summed E-state index contributed by atoms with van der Waals surface area (Å²) in [5, 5.41) is 2.90. The highest BCUT2D eigenvalue weighted by Crippen LogP contribution is 2.23. The number of hydrogen-bond donors (Lipinski definition) is 1. The van der Waals surface area contributed by atoms with Crippen molar-refractivity contribution in [2.75, 3.05) is 0 Å². The number of amides is 1. The fourth-order valence-electron chi connectivity index (χ4n) is 2.90. The molecule has 1 N–H and O–H groups in total. The Bertz CT molecular complexity index is 1120. The third-order valence-corrected chi connectivity index (χ3v) is 4.87. The van der Waals surface area contributed by atoms with Gasteiger partial charge in [-0.2, -0.15) is 0 Å². The number of ether oxygens (including phenoxy) is 1. The maximum Gasteiger partial charge on any atom is 0.408 e. The number of nitrogens with one attached hydrogen (secondary N) is 1. The van der Waals surface area contributed by atoms with E-state index in [4.69, 9.17) is 4.74 Å². The number of alkyl carbamates (subject to hydrolysis) is 1. The monoisotopic (exact) mass is 509 g/mol. The molecule has 1 aromatic heterocycles. The summed E-state index contributed by atoms with van der Waals surface area (Å²) in [4.78, 5) is 30.2. The van der Waals surface area contributed by atoms with Crippen LogP contribution >= 0.6 is 22.6 Å². The van der Waals surface area contributed by atoms with Gasteiger partial charge in [-0.3, -0.25) is 9.36 Å². The molecule has 0 saturated carbocycles. The van der Waals surface area contributed by atoms with E-state index in [1.807, 2.05) is 28.7 Å². The lowest BCUT2D eigenvalue weighted by Crippen LogP contribution is -2.37. The highest BCUT2D eigenvalue weighted by atomic mass is 127. The molecule has 8 heteroatoms. The van der Waals surface area contributed by atoms with Crippen molar-refractivity contribution >= 4 is 39.6 Å². The van der Waals surface area contributed by atoms with E-state index in [0.717, 1.165) is 0 Å². The van der Waals surface area contributed by atoms with Crippen LogP contribution < -0.4 is 10.9 Å². The van der Waals surface area contributed by atoms with Crippen LogP contribution in [0, 0.1) is 9.39 Å². The molecule has 3 rings (SSSR count). The van der Waals surface area contributed by atoms with E-state index in [2.05, 4.69) is 10.3 Å². The second kappa shape index (κ2) is 8.10. The summed E-state index contributed by atoms with van der Waals surface area (Å²) in [5.41, 5.74) is -0.116. The van der Waals surface area contributed by atoms with Crippen LogP contribution in [0.1, 0.15) is 39.6 Å². The molecular weight excluding hydrogens is 488 g/mol. The van der Waals surface area contributed by atoms with Gasteiger partial charge in [-0.15, -0.1) is 0 Å². The van der Waals surface area contributed by atoms with Gasteiger partial charge < -0.3 is 10.1 Å². The van der Waals surface area contributed by atoms with Crippen LogP contribution in [0.2, 0.25) is 0 Å². The number of fused-ring (bicyclic) bond motifs is 1. The Morgan fingerprint density at radius 2 is 1.90 bits per heavy atom. The van der Waals surface area contributed by atoms with E-state index in [-0.39, 0.29) is 5.39 Å². The minimum atomic E-state index is -0.660. The van der Waals surface area contributed by atoms with Crippen LogP contribution in [-0.2, 0) is 4.74 Å². The number of aromatic nitrogens is 2. The van der Waals surface area contributed by atoms with Crippen molar-refractivity contribution in [1.82, 2.24) is 14.9 Å². The van der Waals surface area contributed by atoms with Crippen molar-refractivity contribution in [1.29, 1.82) is 0 Å². The lowest BCUT2D eigenvalue weighted by atomic mass is 10.2. The van der Waals surface area contributed by atoms with Gasteiger partial charge in [0.2, 0.25) is 0 Å². The molecule has 0 bridgehead atoms. The number of rotatable bonds is 3. The van der Waals surface area contributed by atoms with E-state index < -0.39 is 29.1 Å². The van der Waals surface area contributed by atoms with Gasteiger partial charge >= 0.3 is 6.09 Å². The number of halogens is 2. The fourth-order valence-corrected chi connectivity index (χ4v) is 3.61. The third kappa shape index (κ3) is 4.75. The zero-order chi connectivity index (χ0) is 21.3. The molecule has 3 aromatic rings. The first-order valence-corrected chi connectivity index (χ1v) is 10.1. The first kappa shape index (κ1) is 21.2. The summed E-state index contributed by atoms with van der Waals surface area (Å²) in [7, 11) is 0. The lowest BCUT2D eigenvalue weighted by molar-refractivity contribution is 0.0505. The smallest absolute Gasteiger partial charge is 0.408 e. The molecular formula is C21H21FIN3O3. The fraction of sp³-hybridized carbons (Fsp3) is 0.286. The molecule has 0 saturated heterocycles. The number of carbonyl (C=O) groups excluding carboxylic acids is 1. The summed E-state index contributed by atoms with van der Waals surface area (Å²) in [6.45, 7) is 7.01. The minimum Gasteiger partial charge on any atom is -0.444 e. The quantitative estimate of drug-likeness (QED) is 0.519. The van der Waals surface area contributed by atoms with Gasteiger partial charge in [0.25, 0.3) is 5.56 Å². The molecule has 6 nitrogen and oxygen atoms in total.